The molecule has 4 nitrogen and oxygen atoms in total. The highest BCUT2D eigenvalue weighted by Gasteiger charge is 2.01. The van der Waals surface area contributed by atoms with Crippen molar-refractivity contribution in [3.8, 4) is 5.75 Å². The molecule has 19 heavy (non-hydrogen) atoms. The minimum atomic E-state index is -0.237. The molecule has 0 fully saturated rings. The van der Waals surface area contributed by atoms with E-state index >= 15 is 0 Å². The number of benzene rings is 1. The van der Waals surface area contributed by atoms with Crippen LogP contribution in [0.25, 0.3) is 0 Å². The second kappa shape index (κ2) is 9.14. The summed E-state index contributed by atoms with van der Waals surface area (Å²) in [4.78, 5) is 11.5. The van der Waals surface area contributed by atoms with Crippen molar-refractivity contribution in [3.63, 3.8) is 0 Å². The lowest BCUT2D eigenvalue weighted by Crippen LogP contribution is -2.25. The molecule has 1 N–H and O–H groups in total. The standard InChI is InChI=1S/C15H22N2O2/c1-3-4-6-9-13(2)16-17-15(18)12-19-14-10-7-5-8-11-14/h5,7-8,10-11H,3-4,6,9,12H2,1-2H3,(H,17,18)/b16-13+. The number of nitrogens with one attached hydrogen (secondary N) is 1. The van der Waals surface area contributed by atoms with Crippen LogP contribution in [0.2, 0.25) is 0 Å². The van der Waals surface area contributed by atoms with E-state index in [4.69, 9.17) is 4.74 Å². The maximum atomic E-state index is 11.5. The largest absolute Gasteiger partial charge is 0.484 e. The summed E-state index contributed by atoms with van der Waals surface area (Å²) in [7, 11) is 0. The van der Waals surface area contributed by atoms with E-state index in [1.807, 2.05) is 37.3 Å². The molecular weight excluding hydrogens is 240 g/mol. The van der Waals surface area contributed by atoms with Crippen LogP contribution in [0.3, 0.4) is 0 Å². The van der Waals surface area contributed by atoms with Gasteiger partial charge in [-0.15, -0.1) is 0 Å². The molecule has 0 heterocycles. The number of para-hydroxylation sites is 1. The van der Waals surface area contributed by atoms with E-state index in [1.165, 1.54) is 12.8 Å². The van der Waals surface area contributed by atoms with Gasteiger partial charge in [-0.25, -0.2) is 5.43 Å². The SMILES string of the molecule is CCCCC/C(C)=N/NC(=O)COc1ccccc1. The van der Waals surface area contributed by atoms with E-state index in [9.17, 15) is 4.79 Å². The second-order valence-electron chi connectivity index (χ2n) is 4.44. The number of carbonyl (C=O) groups excluding carboxylic acids is 1. The van der Waals surface area contributed by atoms with Crippen molar-refractivity contribution in [2.45, 2.75) is 39.5 Å². The Kier molecular flexibility index (Phi) is 7.32. The lowest BCUT2D eigenvalue weighted by atomic mass is 10.1. The van der Waals surface area contributed by atoms with Crippen LogP contribution in [0.4, 0.5) is 0 Å². The molecule has 0 aliphatic rings. The van der Waals surface area contributed by atoms with Crippen molar-refractivity contribution in [2.75, 3.05) is 6.61 Å². The zero-order chi connectivity index (χ0) is 13.9. The van der Waals surface area contributed by atoms with E-state index in [1.54, 1.807) is 0 Å². The van der Waals surface area contributed by atoms with Gasteiger partial charge in [0.1, 0.15) is 5.75 Å². The Bertz CT molecular complexity index is 402. The monoisotopic (exact) mass is 262 g/mol. The lowest BCUT2D eigenvalue weighted by molar-refractivity contribution is -0.123. The molecule has 0 radical (unpaired) electrons. The Morgan fingerprint density at radius 1 is 1.26 bits per heavy atom. The van der Waals surface area contributed by atoms with Crippen molar-refractivity contribution in [1.29, 1.82) is 0 Å². The van der Waals surface area contributed by atoms with Crippen LogP contribution in [-0.4, -0.2) is 18.2 Å². The Morgan fingerprint density at radius 3 is 2.68 bits per heavy atom. The lowest BCUT2D eigenvalue weighted by Gasteiger charge is -2.05. The van der Waals surface area contributed by atoms with Gasteiger partial charge >= 0.3 is 0 Å². The van der Waals surface area contributed by atoms with E-state index < -0.39 is 0 Å². The van der Waals surface area contributed by atoms with Gasteiger partial charge in [0.2, 0.25) is 0 Å². The molecule has 0 aliphatic heterocycles. The Hall–Kier alpha value is -1.84. The van der Waals surface area contributed by atoms with Gasteiger partial charge in [-0.2, -0.15) is 5.10 Å². The molecule has 1 amide bonds. The first kappa shape index (κ1) is 15.2. The molecule has 4 heteroatoms. The number of hydrogen-bond acceptors (Lipinski definition) is 3. The molecule has 0 bridgehead atoms. The fraction of sp³-hybridized carbons (Fsp3) is 0.467. The van der Waals surface area contributed by atoms with E-state index in [0.717, 1.165) is 18.6 Å². The third-order valence-electron chi connectivity index (χ3n) is 2.63. The predicted octanol–water partition coefficient (Wildman–Crippen LogP) is 3.14. The molecule has 0 aromatic heterocycles. The topological polar surface area (TPSA) is 50.7 Å². The van der Waals surface area contributed by atoms with Crippen LogP contribution < -0.4 is 10.2 Å². The van der Waals surface area contributed by atoms with E-state index in [2.05, 4.69) is 17.5 Å². The van der Waals surface area contributed by atoms with Crippen LogP contribution in [-0.2, 0) is 4.79 Å². The molecule has 0 spiro atoms. The van der Waals surface area contributed by atoms with Gasteiger partial charge in [-0.3, -0.25) is 4.79 Å². The average Bonchev–Trinajstić information content (AvgIpc) is 2.44. The highest BCUT2D eigenvalue weighted by molar-refractivity contribution is 5.84. The first-order valence-corrected chi connectivity index (χ1v) is 6.72. The number of rotatable bonds is 8. The zero-order valence-electron chi connectivity index (χ0n) is 11.7. The second-order valence-corrected chi connectivity index (χ2v) is 4.44. The number of hydrazone groups is 1. The van der Waals surface area contributed by atoms with Gasteiger partial charge in [0.05, 0.1) is 0 Å². The zero-order valence-corrected chi connectivity index (χ0v) is 11.7. The Labute approximate surface area is 114 Å². The molecule has 1 rings (SSSR count). The minimum absolute atomic E-state index is 0.0181. The van der Waals surface area contributed by atoms with Crippen molar-refractivity contribution in [1.82, 2.24) is 5.43 Å². The van der Waals surface area contributed by atoms with Gasteiger partial charge in [-0.05, 0) is 31.9 Å². The predicted molar refractivity (Wildman–Crippen MR) is 77.3 cm³/mol. The molecule has 0 unspecified atom stereocenters. The van der Waals surface area contributed by atoms with Crippen molar-refractivity contribution in [3.05, 3.63) is 30.3 Å². The highest BCUT2D eigenvalue weighted by Crippen LogP contribution is 2.07. The fourth-order valence-corrected chi connectivity index (χ4v) is 1.54. The van der Waals surface area contributed by atoms with Crippen LogP contribution in [0.1, 0.15) is 39.5 Å². The van der Waals surface area contributed by atoms with Crippen LogP contribution in [0.15, 0.2) is 35.4 Å². The number of amides is 1. The number of ether oxygens (including phenoxy) is 1. The molecule has 1 aromatic carbocycles. The van der Waals surface area contributed by atoms with Crippen LogP contribution in [0.5, 0.6) is 5.75 Å². The molecule has 0 saturated heterocycles. The smallest absolute Gasteiger partial charge is 0.277 e. The average molecular weight is 262 g/mol. The first-order chi connectivity index (χ1) is 9.22. The number of nitrogens with zero attached hydrogens (tertiary/aromatic N) is 1. The van der Waals surface area contributed by atoms with Gasteiger partial charge in [0.25, 0.3) is 5.91 Å². The summed E-state index contributed by atoms with van der Waals surface area (Å²) in [6, 6.07) is 9.25. The number of unbranched alkanes of at least 4 members (excludes halogenated alkanes) is 2. The third kappa shape index (κ3) is 7.24. The Balaban J connectivity index is 2.22. The summed E-state index contributed by atoms with van der Waals surface area (Å²) in [5.41, 5.74) is 3.45. The quantitative estimate of drug-likeness (QED) is 0.444. The van der Waals surface area contributed by atoms with Gasteiger partial charge < -0.3 is 4.74 Å². The van der Waals surface area contributed by atoms with Gasteiger partial charge in [0, 0.05) is 5.71 Å². The van der Waals surface area contributed by atoms with Crippen LogP contribution >= 0.6 is 0 Å². The number of carbonyl (C=O) groups is 1. The van der Waals surface area contributed by atoms with Gasteiger partial charge in [0.15, 0.2) is 6.61 Å². The summed E-state index contributed by atoms with van der Waals surface area (Å²) in [6.07, 6.45) is 4.42. The number of hydrogen-bond donors (Lipinski definition) is 1. The first-order valence-electron chi connectivity index (χ1n) is 6.72. The summed E-state index contributed by atoms with van der Waals surface area (Å²) >= 11 is 0. The molecule has 0 saturated carbocycles. The van der Waals surface area contributed by atoms with Crippen molar-refractivity contribution < 1.29 is 9.53 Å². The summed E-state index contributed by atoms with van der Waals surface area (Å²) in [5, 5.41) is 4.05. The van der Waals surface area contributed by atoms with E-state index in [-0.39, 0.29) is 12.5 Å². The fourth-order valence-electron chi connectivity index (χ4n) is 1.54. The normalized spacial score (nSPS) is 11.2. The summed E-state index contributed by atoms with van der Waals surface area (Å²) in [5.74, 6) is 0.444. The molecule has 0 atom stereocenters. The minimum Gasteiger partial charge on any atom is -0.484 e. The molecule has 104 valence electrons. The molecule has 0 aliphatic carbocycles. The molecule has 1 aromatic rings. The Morgan fingerprint density at radius 2 is 2.00 bits per heavy atom. The van der Waals surface area contributed by atoms with Gasteiger partial charge in [-0.1, -0.05) is 38.0 Å². The summed E-state index contributed by atoms with van der Waals surface area (Å²) < 4.78 is 5.32. The van der Waals surface area contributed by atoms with Crippen molar-refractivity contribution in [2.24, 2.45) is 5.10 Å². The third-order valence-corrected chi connectivity index (χ3v) is 2.63. The maximum Gasteiger partial charge on any atom is 0.277 e. The van der Waals surface area contributed by atoms with Crippen LogP contribution in [0, 0.1) is 0 Å². The van der Waals surface area contributed by atoms with E-state index in [0.29, 0.717) is 5.75 Å². The molecular formula is C15H22N2O2. The summed E-state index contributed by atoms with van der Waals surface area (Å²) in [6.45, 7) is 4.07. The van der Waals surface area contributed by atoms with Crippen molar-refractivity contribution >= 4 is 11.6 Å². The maximum absolute atomic E-state index is 11.5. The highest BCUT2D eigenvalue weighted by atomic mass is 16.5.